The van der Waals surface area contributed by atoms with Crippen LogP contribution >= 0.6 is 11.6 Å². The molecule has 1 aliphatic rings. The summed E-state index contributed by atoms with van der Waals surface area (Å²) in [4.78, 5) is 28.2. The molecular weight excluding hydrogens is 368 g/mol. The van der Waals surface area contributed by atoms with Crippen molar-refractivity contribution in [2.75, 3.05) is 19.5 Å². The van der Waals surface area contributed by atoms with Crippen molar-refractivity contribution in [2.45, 2.75) is 19.3 Å². The van der Waals surface area contributed by atoms with E-state index in [2.05, 4.69) is 15.4 Å². The predicted octanol–water partition coefficient (Wildman–Crippen LogP) is 2.88. The van der Waals surface area contributed by atoms with Gasteiger partial charge in [0.2, 0.25) is 5.91 Å². The van der Waals surface area contributed by atoms with Gasteiger partial charge in [-0.2, -0.15) is 5.10 Å². The molecule has 0 spiro atoms. The van der Waals surface area contributed by atoms with Crippen molar-refractivity contribution in [2.24, 2.45) is 5.10 Å². The summed E-state index contributed by atoms with van der Waals surface area (Å²) >= 11 is 6.02. The first-order valence-corrected chi connectivity index (χ1v) is 8.77. The number of nitrogens with one attached hydrogen (secondary N) is 1. The van der Waals surface area contributed by atoms with Crippen LogP contribution in [-0.2, 0) is 16.0 Å². The fourth-order valence-electron chi connectivity index (χ4n) is 2.73. The van der Waals surface area contributed by atoms with Gasteiger partial charge < -0.3 is 10.1 Å². The predicted molar refractivity (Wildman–Crippen MR) is 103 cm³/mol. The van der Waals surface area contributed by atoms with Crippen LogP contribution in [0.1, 0.15) is 24.0 Å². The summed E-state index contributed by atoms with van der Waals surface area (Å²) in [5.41, 5.74) is 2.25. The van der Waals surface area contributed by atoms with E-state index in [0.29, 0.717) is 29.4 Å². The third-order valence-corrected chi connectivity index (χ3v) is 4.36. The largest absolute Gasteiger partial charge is 0.493 e. The van der Waals surface area contributed by atoms with Gasteiger partial charge in [0.05, 0.1) is 7.11 Å². The van der Waals surface area contributed by atoms with Gasteiger partial charge >= 0.3 is 0 Å². The maximum atomic E-state index is 12.4. The molecule has 0 saturated heterocycles. The molecule has 2 amide bonds. The van der Waals surface area contributed by atoms with E-state index in [4.69, 9.17) is 16.3 Å². The Kier molecular flexibility index (Phi) is 5.71. The third kappa shape index (κ3) is 4.62. The van der Waals surface area contributed by atoms with Gasteiger partial charge in [0.25, 0.3) is 5.91 Å². The second-order valence-corrected chi connectivity index (χ2v) is 6.56. The lowest BCUT2D eigenvalue weighted by Gasteiger charge is -2.19. The maximum absolute atomic E-state index is 12.4. The molecule has 0 bridgehead atoms. The zero-order chi connectivity index (χ0) is 19.4. The van der Waals surface area contributed by atoms with Crippen molar-refractivity contribution in [3.05, 3.63) is 52.7 Å². The summed E-state index contributed by atoms with van der Waals surface area (Å²) in [6.45, 7) is 0. The molecule has 27 heavy (non-hydrogen) atoms. The van der Waals surface area contributed by atoms with Crippen molar-refractivity contribution in [3.63, 3.8) is 0 Å². The molecule has 0 fully saturated rings. The van der Waals surface area contributed by atoms with E-state index < -0.39 is 5.91 Å². The van der Waals surface area contributed by atoms with Gasteiger partial charge in [-0.3, -0.25) is 9.59 Å². The lowest BCUT2D eigenvalue weighted by molar-refractivity contribution is -0.130. The molecule has 1 aromatic heterocycles. The minimum Gasteiger partial charge on any atom is -0.493 e. The number of ether oxygens (including phenoxy) is 1. The van der Waals surface area contributed by atoms with Gasteiger partial charge in [-0.1, -0.05) is 23.7 Å². The van der Waals surface area contributed by atoms with Gasteiger partial charge in [0, 0.05) is 31.1 Å². The number of carbonyl (C=O) groups is 2. The minimum absolute atomic E-state index is 0.118. The Bertz CT molecular complexity index is 914. The van der Waals surface area contributed by atoms with Crippen LogP contribution in [0.2, 0.25) is 5.02 Å². The average molecular weight is 387 g/mol. The molecule has 0 saturated carbocycles. The van der Waals surface area contributed by atoms with E-state index in [9.17, 15) is 9.59 Å². The van der Waals surface area contributed by atoms with Crippen molar-refractivity contribution in [3.8, 4) is 5.75 Å². The maximum Gasteiger partial charge on any atom is 0.273 e. The molecule has 140 valence electrons. The Labute approximate surface area is 162 Å². The summed E-state index contributed by atoms with van der Waals surface area (Å²) in [6.07, 6.45) is 2.87. The molecule has 0 radical (unpaired) electrons. The number of anilines is 1. The highest BCUT2D eigenvalue weighted by molar-refractivity contribution is 6.43. The number of halogens is 1. The van der Waals surface area contributed by atoms with Gasteiger partial charge in [-0.25, -0.2) is 9.99 Å². The van der Waals surface area contributed by atoms with E-state index in [1.165, 1.54) is 19.2 Å². The van der Waals surface area contributed by atoms with Crippen LogP contribution in [0.4, 0.5) is 5.82 Å². The number of hydrogen-bond acceptors (Lipinski definition) is 5. The zero-order valence-electron chi connectivity index (χ0n) is 15.0. The molecule has 0 aliphatic carbocycles. The number of hydrazone groups is 1. The number of rotatable bonds is 5. The number of benzene rings is 1. The van der Waals surface area contributed by atoms with Crippen LogP contribution in [0.3, 0.4) is 0 Å². The summed E-state index contributed by atoms with van der Waals surface area (Å²) in [5, 5.41) is 8.56. The lowest BCUT2D eigenvalue weighted by atomic mass is 10.1. The number of nitrogens with zero attached hydrogens (tertiary/aromatic N) is 3. The Balaban J connectivity index is 1.75. The molecule has 8 heteroatoms. The fourth-order valence-corrected chi connectivity index (χ4v) is 2.94. The molecular formula is C19H19ClN4O3. The molecule has 1 aliphatic heterocycles. The van der Waals surface area contributed by atoms with Crippen LogP contribution < -0.4 is 10.1 Å². The van der Waals surface area contributed by atoms with Crippen LogP contribution in [0, 0.1) is 0 Å². The first-order chi connectivity index (χ1) is 13.0. The van der Waals surface area contributed by atoms with E-state index in [1.807, 2.05) is 30.3 Å². The van der Waals surface area contributed by atoms with Gasteiger partial charge in [-0.05, 0) is 35.7 Å². The number of carbonyl (C=O) groups excluding carboxylic acids is 2. The molecule has 1 N–H and O–H groups in total. The molecule has 3 rings (SSSR count). The Morgan fingerprint density at radius 1 is 1.30 bits per heavy atom. The first-order valence-electron chi connectivity index (χ1n) is 8.39. The van der Waals surface area contributed by atoms with Crippen molar-refractivity contribution >= 4 is 34.9 Å². The van der Waals surface area contributed by atoms with E-state index >= 15 is 0 Å². The first kappa shape index (κ1) is 18.8. The second-order valence-electron chi connectivity index (χ2n) is 6.12. The van der Waals surface area contributed by atoms with Crippen LogP contribution in [0.15, 0.2) is 41.6 Å². The Morgan fingerprint density at radius 3 is 2.81 bits per heavy atom. The molecule has 1 aromatic carbocycles. The zero-order valence-corrected chi connectivity index (χ0v) is 15.8. The standard InChI is InChI=1S/C19H19ClN4O3/c1-24-17(25)7-6-15(23-24)19(26)22-18-16(27-2)10-13(11-21-18)8-12-4-3-5-14(20)9-12/h3-5,9-11H,6-8H2,1-2H3,(H,21,22,26). The lowest BCUT2D eigenvalue weighted by Crippen LogP contribution is -2.34. The second kappa shape index (κ2) is 8.18. The number of amides is 2. The highest BCUT2D eigenvalue weighted by Crippen LogP contribution is 2.25. The Hall–Kier alpha value is -2.93. The van der Waals surface area contributed by atoms with Crippen LogP contribution in [0.25, 0.3) is 0 Å². The third-order valence-electron chi connectivity index (χ3n) is 4.13. The van der Waals surface area contributed by atoms with Crippen molar-refractivity contribution < 1.29 is 14.3 Å². The number of aromatic nitrogens is 1. The highest BCUT2D eigenvalue weighted by Gasteiger charge is 2.23. The smallest absolute Gasteiger partial charge is 0.273 e. The fraction of sp³-hybridized carbons (Fsp3) is 0.263. The van der Waals surface area contributed by atoms with Crippen molar-refractivity contribution in [1.29, 1.82) is 0 Å². The van der Waals surface area contributed by atoms with E-state index in [0.717, 1.165) is 11.1 Å². The van der Waals surface area contributed by atoms with Gasteiger partial charge in [-0.15, -0.1) is 0 Å². The molecule has 2 aromatic rings. The molecule has 2 heterocycles. The quantitative estimate of drug-likeness (QED) is 0.856. The summed E-state index contributed by atoms with van der Waals surface area (Å²) < 4.78 is 5.37. The van der Waals surface area contributed by atoms with Crippen molar-refractivity contribution in [1.82, 2.24) is 9.99 Å². The molecule has 0 atom stereocenters. The Morgan fingerprint density at radius 2 is 2.11 bits per heavy atom. The van der Waals surface area contributed by atoms with Gasteiger partial charge in [0.1, 0.15) is 5.71 Å². The number of pyridine rings is 1. The monoisotopic (exact) mass is 386 g/mol. The minimum atomic E-state index is -0.400. The number of hydrogen-bond donors (Lipinski definition) is 1. The SMILES string of the molecule is COc1cc(Cc2cccc(Cl)c2)cnc1NC(=O)C1=NN(C)C(=O)CC1. The molecule has 0 unspecified atom stereocenters. The van der Waals surface area contributed by atoms with Crippen LogP contribution in [0.5, 0.6) is 5.75 Å². The van der Waals surface area contributed by atoms with Crippen LogP contribution in [-0.4, -0.2) is 41.7 Å². The number of methoxy groups -OCH3 is 1. The summed E-state index contributed by atoms with van der Waals surface area (Å²) in [7, 11) is 3.04. The summed E-state index contributed by atoms with van der Waals surface area (Å²) in [5.74, 6) is 0.235. The van der Waals surface area contributed by atoms with Gasteiger partial charge in [0.15, 0.2) is 11.6 Å². The average Bonchev–Trinajstić information content (AvgIpc) is 2.65. The van der Waals surface area contributed by atoms with E-state index in [-0.39, 0.29) is 18.0 Å². The normalized spacial score (nSPS) is 14.0. The van der Waals surface area contributed by atoms with E-state index in [1.54, 1.807) is 6.20 Å². The molecule has 7 nitrogen and oxygen atoms in total. The summed E-state index contributed by atoms with van der Waals surface area (Å²) in [6, 6.07) is 9.41. The topological polar surface area (TPSA) is 83.9 Å². The highest BCUT2D eigenvalue weighted by atomic mass is 35.5.